The van der Waals surface area contributed by atoms with E-state index in [0.717, 1.165) is 18.1 Å². The van der Waals surface area contributed by atoms with Gasteiger partial charge in [0.15, 0.2) is 0 Å². The molecule has 1 atom stereocenters. The first-order valence-corrected chi connectivity index (χ1v) is 10.8. The number of rotatable bonds is 8. The maximum atomic E-state index is 6.17. The summed E-state index contributed by atoms with van der Waals surface area (Å²) in [6.07, 6.45) is 0.254. The van der Waals surface area contributed by atoms with Gasteiger partial charge in [-0.15, -0.1) is 0 Å². The second-order valence-electron chi connectivity index (χ2n) is 8.52. The molecule has 0 radical (unpaired) electrons. The van der Waals surface area contributed by atoms with E-state index in [9.17, 15) is 0 Å². The summed E-state index contributed by atoms with van der Waals surface area (Å²) in [6.45, 7) is 20.1. The van der Waals surface area contributed by atoms with E-state index >= 15 is 0 Å². The van der Waals surface area contributed by atoms with E-state index < -0.39 is 0 Å². The van der Waals surface area contributed by atoms with Crippen LogP contribution in [-0.4, -0.2) is 39.6 Å². The summed E-state index contributed by atoms with van der Waals surface area (Å²) in [4.78, 5) is 0. The van der Waals surface area contributed by atoms with Crippen molar-refractivity contribution in [2.75, 3.05) is 33.5 Å². The van der Waals surface area contributed by atoms with Gasteiger partial charge in [0.25, 0.3) is 0 Å². The van der Waals surface area contributed by atoms with E-state index in [1.165, 1.54) is 55.6 Å². The number of hydrogen-bond donors (Lipinski definition) is 0. The van der Waals surface area contributed by atoms with Crippen LogP contribution in [-0.2, 0) is 9.47 Å². The van der Waals surface area contributed by atoms with Gasteiger partial charge >= 0.3 is 0 Å². The highest BCUT2D eigenvalue weighted by molar-refractivity contribution is 5.82. The van der Waals surface area contributed by atoms with Gasteiger partial charge in [-0.05, 0) is 111 Å². The molecule has 1 aliphatic rings. The topological polar surface area (TPSA) is 40.2 Å². The molecular weight excluding hydrogens is 376 g/mol. The van der Waals surface area contributed by atoms with Crippen LogP contribution in [0, 0.1) is 55.4 Å². The Balaban J connectivity index is 2.13. The lowest BCUT2D eigenvalue weighted by Gasteiger charge is -2.26. The lowest BCUT2D eigenvalue weighted by atomic mass is 9.82. The highest BCUT2D eigenvalue weighted by atomic mass is 16.6. The van der Waals surface area contributed by atoms with Gasteiger partial charge in [0.2, 0.25) is 0 Å². The molecule has 2 aromatic rings. The first kappa shape index (κ1) is 22.6. The van der Waals surface area contributed by atoms with E-state index in [-0.39, 0.29) is 6.10 Å². The van der Waals surface area contributed by atoms with Crippen LogP contribution in [0.15, 0.2) is 0 Å². The average molecular weight is 413 g/mol. The summed E-state index contributed by atoms with van der Waals surface area (Å²) in [7, 11) is 1.70. The molecule has 3 rings (SSSR count). The third kappa shape index (κ3) is 4.08. The second kappa shape index (κ2) is 8.99. The molecule has 0 amide bonds. The van der Waals surface area contributed by atoms with Crippen molar-refractivity contribution >= 4 is 0 Å². The molecule has 1 aliphatic heterocycles. The molecule has 30 heavy (non-hydrogen) atoms. The Morgan fingerprint density at radius 3 is 1.40 bits per heavy atom. The lowest BCUT2D eigenvalue weighted by Crippen LogP contribution is -2.11. The molecule has 1 heterocycles. The van der Waals surface area contributed by atoms with Crippen molar-refractivity contribution < 1.29 is 18.9 Å². The quantitative estimate of drug-likeness (QED) is 0.416. The molecule has 1 unspecified atom stereocenters. The lowest BCUT2D eigenvalue weighted by molar-refractivity contribution is 0.145. The normalized spacial score (nSPS) is 15.4. The number of benzene rings is 2. The number of hydrogen-bond acceptors (Lipinski definition) is 4. The minimum absolute atomic E-state index is 0.254. The van der Waals surface area contributed by atoms with Gasteiger partial charge in [0, 0.05) is 7.11 Å². The Labute approximate surface area is 181 Å². The summed E-state index contributed by atoms with van der Waals surface area (Å²) in [6, 6.07) is 0. The summed E-state index contributed by atoms with van der Waals surface area (Å²) in [5.41, 5.74) is 12.6. The Hall–Kier alpha value is -2.04. The van der Waals surface area contributed by atoms with Crippen molar-refractivity contribution in [1.82, 2.24) is 0 Å². The molecule has 4 nitrogen and oxygen atoms in total. The first-order valence-electron chi connectivity index (χ1n) is 10.8. The zero-order valence-electron chi connectivity index (χ0n) is 20.0. The van der Waals surface area contributed by atoms with Gasteiger partial charge in [-0.1, -0.05) is 0 Å². The van der Waals surface area contributed by atoms with Crippen molar-refractivity contribution in [3.05, 3.63) is 44.5 Å². The largest absolute Gasteiger partial charge is 0.491 e. The Morgan fingerprint density at radius 1 is 0.633 bits per heavy atom. The number of ether oxygens (including phenoxy) is 4. The highest BCUT2D eigenvalue weighted by Gasteiger charge is 2.26. The zero-order valence-corrected chi connectivity index (χ0v) is 20.0. The number of methoxy groups -OCH3 is 1. The van der Waals surface area contributed by atoms with Crippen LogP contribution < -0.4 is 9.47 Å². The smallest absolute Gasteiger partial charge is 0.125 e. The summed E-state index contributed by atoms with van der Waals surface area (Å²) in [5, 5.41) is 0. The molecule has 164 valence electrons. The molecule has 1 saturated heterocycles. The molecule has 2 aromatic carbocycles. The molecule has 0 aliphatic carbocycles. The van der Waals surface area contributed by atoms with Gasteiger partial charge in [-0.3, -0.25) is 0 Å². The van der Waals surface area contributed by atoms with Crippen molar-refractivity contribution in [3.8, 4) is 22.6 Å². The fourth-order valence-electron chi connectivity index (χ4n) is 4.31. The van der Waals surface area contributed by atoms with E-state index in [0.29, 0.717) is 19.8 Å². The molecule has 0 bridgehead atoms. The van der Waals surface area contributed by atoms with Gasteiger partial charge in [-0.25, -0.2) is 0 Å². The van der Waals surface area contributed by atoms with Gasteiger partial charge in [0.1, 0.15) is 30.8 Å². The van der Waals surface area contributed by atoms with Crippen LogP contribution in [0.5, 0.6) is 11.5 Å². The van der Waals surface area contributed by atoms with Crippen LogP contribution >= 0.6 is 0 Å². The standard InChI is InChI=1S/C26H36O4/c1-14-18(5)25(28-11-10-27-9)19(6)15(2)23(14)24-16(3)20(7)26(21(8)17(24)4)30-13-22-12-29-22/h22H,10-13H2,1-9H3. The SMILES string of the molecule is COCCOc1c(C)c(C)c(-c2c(C)c(C)c(OCC3CO3)c(C)c2C)c(C)c1C. The van der Waals surface area contributed by atoms with Crippen molar-refractivity contribution in [3.63, 3.8) is 0 Å². The second-order valence-corrected chi connectivity index (χ2v) is 8.52. The Kier molecular flexibility index (Phi) is 6.78. The van der Waals surface area contributed by atoms with E-state index in [1.54, 1.807) is 7.11 Å². The van der Waals surface area contributed by atoms with E-state index in [1.807, 2.05) is 0 Å². The molecule has 4 heteroatoms. The zero-order chi connectivity index (χ0) is 22.2. The Morgan fingerprint density at radius 2 is 1.03 bits per heavy atom. The van der Waals surface area contributed by atoms with Crippen molar-refractivity contribution in [1.29, 1.82) is 0 Å². The third-order valence-electron chi connectivity index (χ3n) is 6.71. The molecule has 1 fully saturated rings. The van der Waals surface area contributed by atoms with Crippen molar-refractivity contribution in [2.45, 2.75) is 61.5 Å². The van der Waals surface area contributed by atoms with Gasteiger partial charge in [-0.2, -0.15) is 0 Å². The maximum Gasteiger partial charge on any atom is 0.125 e. The minimum Gasteiger partial charge on any atom is -0.491 e. The summed E-state index contributed by atoms with van der Waals surface area (Å²) >= 11 is 0. The van der Waals surface area contributed by atoms with Crippen LogP contribution in [0.4, 0.5) is 0 Å². The molecule has 0 aromatic heterocycles. The predicted molar refractivity (Wildman–Crippen MR) is 122 cm³/mol. The van der Waals surface area contributed by atoms with Crippen LogP contribution in [0.2, 0.25) is 0 Å². The fourth-order valence-corrected chi connectivity index (χ4v) is 4.31. The van der Waals surface area contributed by atoms with E-state index in [4.69, 9.17) is 18.9 Å². The molecule has 0 N–H and O–H groups in total. The van der Waals surface area contributed by atoms with Gasteiger partial charge in [0.05, 0.1) is 13.2 Å². The monoisotopic (exact) mass is 412 g/mol. The predicted octanol–water partition coefficient (Wildman–Crippen LogP) is 5.62. The molecule has 0 saturated carbocycles. The molecule has 0 spiro atoms. The van der Waals surface area contributed by atoms with Crippen LogP contribution in [0.25, 0.3) is 11.1 Å². The van der Waals surface area contributed by atoms with Crippen molar-refractivity contribution in [2.24, 2.45) is 0 Å². The first-order chi connectivity index (χ1) is 14.2. The maximum absolute atomic E-state index is 6.17. The molecular formula is C26H36O4. The summed E-state index contributed by atoms with van der Waals surface area (Å²) in [5.74, 6) is 1.99. The highest BCUT2D eigenvalue weighted by Crippen LogP contribution is 2.44. The average Bonchev–Trinajstić information content (AvgIpc) is 3.54. The summed E-state index contributed by atoms with van der Waals surface area (Å²) < 4.78 is 22.7. The fraction of sp³-hybridized carbons (Fsp3) is 0.538. The van der Waals surface area contributed by atoms with Crippen LogP contribution in [0.3, 0.4) is 0 Å². The van der Waals surface area contributed by atoms with Gasteiger partial charge < -0.3 is 18.9 Å². The number of epoxide rings is 1. The van der Waals surface area contributed by atoms with Crippen LogP contribution in [0.1, 0.15) is 44.5 Å². The van der Waals surface area contributed by atoms with E-state index in [2.05, 4.69) is 55.4 Å². The minimum atomic E-state index is 0.254. The Bertz CT molecular complexity index is 896. The third-order valence-corrected chi connectivity index (χ3v) is 6.71.